The van der Waals surface area contributed by atoms with E-state index in [1.165, 1.54) is 5.56 Å². The maximum absolute atomic E-state index is 10.7. The minimum Gasteiger partial charge on any atom is -0.382 e. The van der Waals surface area contributed by atoms with Crippen molar-refractivity contribution >= 4 is 12.1 Å². The average Bonchev–Trinajstić information content (AvgIpc) is 2.31. The zero-order chi connectivity index (χ0) is 11.5. The highest BCUT2D eigenvalue weighted by atomic mass is 16.1. The van der Waals surface area contributed by atoms with Gasteiger partial charge in [0.25, 0.3) is 0 Å². The van der Waals surface area contributed by atoms with E-state index in [-0.39, 0.29) is 11.5 Å². The maximum Gasteiger partial charge on any atom is 0.172 e. The normalized spacial score (nSPS) is 10.1. The van der Waals surface area contributed by atoms with Gasteiger partial charge in [0.15, 0.2) is 12.1 Å². The van der Waals surface area contributed by atoms with Gasteiger partial charge in [-0.2, -0.15) is 0 Å². The monoisotopic (exact) mass is 213 g/mol. The quantitative estimate of drug-likeness (QED) is 0.773. The lowest BCUT2D eigenvalue weighted by atomic mass is 10.1. The van der Waals surface area contributed by atoms with Crippen molar-refractivity contribution in [1.29, 1.82) is 0 Å². The molecule has 80 valence electrons. The van der Waals surface area contributed by atoms with Crippen LogP contribution in [0.2, 0.25) is 0 Å². The highest BCUT2D eigenvalue weighted by Crippen LogP contribution is 2.18. The lowest BCUT2D eigenvalue weighted by Gasteiger charge is -2.03. The first-order valence-corrected chi connectivity index (χ1v) is 4.85. The Morgan fingerprint density at radius 2 is 1.94 bits per heavy atom. The number of nitrogens with two attached hydrogens (primary N) is 1. The van der Waals surface area contributed by atoms with Gasteiger partial charge in [0.2, 0.25) is 0 Å². The molecule has 0 aliphatic heterocycles. The van der Waals surface area contributed by atoms with Crippen LogP contribution in [0.3, 0.4) is 0 Å². The van der Waals surface area contributed by atoms with Crippen LogP contribution in [0.1, 0.15) is 16.1 Å². The summed E-state index contributed by atoms with van der Waals surface area (Å²) < 4.78 is 0. The number of nitrogen functional groups attached to an aromatic ring is 1. The Hall–Kier alpha value is -2.23. The Morgan fingerprint density at radius 1 is 1.25 bits per heavy atom. The van der Waals surface area contributed by atoms with Crippen LogP contribution in [0.5, 0.6) is 0 Å². The Morgan fingerprint density at radius 3 is 2.56 bits per heavy atom. The van der Waals surface area contributed by atoms with Crippen LogP contribution in [0.15, 0.2) is 30.5 Å². The summed E-state index contributed by atoms with van der Waals surface area (Å²) in [6.07, 6.45) is 2.17. The molecular weight excluding hydrogens is 202 g/mol. The Bertz CT molecular complexity index is 520. The van der Waals surface area contributed by atoms with Crippen LogP contribution in [0, 0.1) is 6.92 Å². The van der Waals surface area contributed by atoms with Gasteiger partial charge in [-0.25, -0.2) is 9.97 Å². The molecule has 2 rings (SSSR count). The number of benzene rings is 1. The fourth-order valence-corrected chi connectivity index (χ4v) is 1.36. The van der Waals surface area contributed by atoms with Gasteiger partial charge in [-0.05, 0) is 6.92 Å². The number of hydrogen-bond donors (Lipinski definition) is 1. The van der Waals surface area contributed by atoms with Gasteiger partial charge < -0.3 is 5.73 Å². The number of aryl methyl sites for hydroxylation is 1. The summed E-state index contributed by atoms with van der Waals surface area (Å²) >= 11 is 0. The summed E-state index contributed by atoms with van der Waals surface area (Å²) in [6, 6.07) is 7.83. The SMILES string of the molecule is Cc1ccc(-c2cnc(N)c(C=O)n2)cc1. The molecule has 2 aromatic rings. The van der Waals surface area contributed by atoms with Gasteiger partial charge in [-0.15, -0.1) is 0 Å². The molecule has 2 N–H and O–H groups in total. The molecule has 0 unspecified atom stereocenters. The summed E-state index contributed by atoms with van der Waals surface area (Å²) in [4.78, 5) is 18.8. The van der Waals surface area contributed by atoms with E-state index in [0.29, 0.717) is 12.0 Å². The molecule has 0 saturated heterocycles. The minimum absolute atomic E-state index is 0.158. The second kappa shape index (κ2) is 4.10. The third-order valence-corrected chi connectivity index (χ3v) is 2.29. The molecule has 0 radical (unpaired) electrons. The number of rotatable bonds is 2. The molecule has 1 aromatic carbocycles. The number of carbonyl (C=O) groups excluding carboxylic acids is 1. The van der Waals surface area contributed by atoms with Crippen molar-refractivity contribution < 1.29 is 4.79 Å². The van der Waals surface area contributed by atoms with Crippen LogP contribution in [-0.2, 0) is 0 Å². The Kier molecular flexibility index (Phi) is 2.64. The van der Waals surface area contributed by atoms with Crippen molar-refractivity contribution in [2.45, 2.75) is 6.92 Å². The molecule has 4 heteroatoms. The molecule has 1 aromatic heterocycles. The van der Waals surface area contributed by atoms with E-state index in [1.54, 1.807) is 6.20 Å². The molecule has 4 nitrogen and oxygen atoms in total. The van der Waals surface area contributed by atoms with Gasteiger partial charge in [0, 0.05) is 5.56 Å². The summed E-state index contributed by atoms with van der Waals surface area (Å²) in [7, 11) is 0. The van der Waals surface area contributed by atoms with Crippen molar-refractivity contribution in [3.63, 3.8) is 0 Å². The summed E-state index contributed by atoms with van der Waals surface area (Å²) in [5, 5.41) is 0. The van der Waals surface area contributed by atoms with Crippen molar-refractivity contribution in [3.8, 4) is 11.3 Å². The van der Waals surface area contributed by atoms with Crippen LogP contribution in [-0.4, -0.2) is 16.3 Å². The van der Waals surface area contributed by atoms with Gasteiger partial charge in [-0.1, -0.05) is 29.8 Å². The van der Waals surface area contributed by atoms with E-state index in [1.807, 2.05) is 31.2 Å². The number of aromatic nitrogens is 2. The zero-order valence-electron chi connectivity index (χ0n) is 8.84. The number of aldehydes is 1. The summed E-state index contributed by atoms with van der Waals surface area (Å²) in [6.45, 7) is 2.01. The predicted molar refractivity (Wildman–Crippen MR) is 62.0 cm³/mol. The van der Waals surface area contributed by atoms with Crippen molar-refractivity contribution in [2.24, 2.45) is 0 Å². The second-order valence-corrected chi connectivity index (χ2v) is 3.51. The zero-order valence-corrected chi connectivity index (χ0v) is 8.84. The van der Waals surface area contributed by atoms with Crippen LogP contribution in [0.25, 0.3) is 11.3 Å². The molecule has 0 aliphatic rings. The van der Waals surface area contributed by atoms with Gasteiger partial charge >= 0.3 is 0 Å². The lowest BCUT2D eigenvalue weighted by Crippen LogP contribution is -2.01. The van der Waals surface area contributed by atoms with Crippen molar-refractivity contribution in [2.75, 3.05) is 5.73 Å². The lowest BCUT2D eigenvalue weighted by molar-refractivity contribution is 0.111. The smallest absolute Gasteiger partial charge is 0.172 e. The van der Waals surface area contributed by atoms with E-state index in [0.717, 1.165) is 5.56 Å². The third-order valence-electron chi connectivity index (χ3n) is 2.29. The largest absolute Gasteiger partial charge is 0.382 e. The molecule has 0 aliphatic carbocycles. The van der Waals surface area contributed by atoms with Crippen LogP contribution in [0.4, 0.5) is 5.82 Å². The van der Waals surface area contributed by atoms with Crippen molar-refractivity contribution in [1.82, 2.24) is 9.97 Å². The van der Waals surface area contributed by atoms with Crippen LogP contribution >= 0.6 is 0 Å². The first-order valence-electron chi connectivity index (χ1n) is 4.85. The number of carbonyl (C=O) groups is 1. The third kappa shape index (κ3) is 1.91. The topological polar surface area (TPSA) is 68.9 Å². The Labute approximate surface area is 93.2 Å². The Balaban J connectivity index is 2.48. The molecule has 0 spiro atoms. The van der Waals surface area contributed by atoms with E-state index < -0.39 is 0 Å². The molecule has 0 fully saturated rings. The highest BCUT2D eigenvalue weighted by Gasteiger charge is 2.05. The predicted octanol–water partition coefficient (Wildman–Crippen LogP) is 1.85. The highest BCUT2D eigenvalue weighted by molar-refractivity contribution is 5.79. The number of anilines is 1. The standard InChI is InChI=1S/C12H11N3O/c1-8-2-4-9(5-3-8)10-6-14-12(13)11(7-16)15-10/h2-7H,1H3,(H2,13,14). The number of hydrogen-bond acceptors (Lipinski definition) is 4. The van der Waals surface area contributed by atoms with E-state index >= 15 is 0 Å². The molecular formula is C12H11N3O. The average molecular weight is 213 g/mol. The summed E-state index contributed by atoms with van der Waals surface area (Å²) in [5.41, 5.74) is 8.41. The van der Waals surface area contributed by atoms with Gasteiger partial charge in [0.05, 0.1) is 11.9 Å². The van der Waals surface area contributed by atoms with Crippen molar-refractivity contribution in [3.05, 3.63) is 41.7 Å². The van der Waals surface area contributed by atoms with Crippen LogP contribution < -0.4 is 5.73 Å². The van der Waals surface area contributed by atoms with Gasteiger partial charge in [-0.3, -0.25) is 4.79 Å². The molecule has 0 atom stereocenters. The van der Waals surface area contributed by atoms with E-state index in [4.69, 9.17) is 5.73 Å². The first kappa shape index (κ1) is 10.3. The first-order chi connectivity index (χ1) is 7.70. The molecule has 0 saturated carbocycles. The molecule has 0 amide bonds. The minimum atomic E-state index is 0.158. The molecule has 16 heavy (non-hydrogen) atoms. The molecule has 1 heterocycles. The van der Waals surface area contributed by atoms with Gasteiger partial charge in [0.1, 0.15) is 5.69 Å². The van der Waals surface area contributed by atoms with E-state index in [2.05, 4.69) is 9.97 Å². The number of nitrogens with zero attached hydrogens (tertiary/aromatic N) is 2. The maximum atomic E-state index is 10.7. The van der Waals surface area contributed by atoms with E-state index in [9.17, 15) is 4.79 Å². The molecule has 0 bridgehead atoms. The summed E-state index contributed by atoms with van der Waals surface area (Å²) in [5.74, 6) is 0.158. The fraction of sp³-hybridized carbons (Fsp3) is 0.0833. The fourth-order valence-electron chi connectivity index (χ4n) is 1.36. The second-order valence-electron chi connectivity index (χ2n) is 3.51.